The number of rotatable bonds is 5. The summed E-state index contributed by atoms with van der Waals surface area (Å²) in [5.74, 6) is 1.39. The van der Waals surface area contributed by atoms with Crippen molar-refractivity contribution < 1.29 is 0 Å². The zero-order valence-electron chi connectivity index (χ0n) is 11.7. The summed E-state index contributed by atoms with van der Waals surface area (Å²) in [6.07, 6.45) is 8.53. The third-order valence-corrected chi connectivity index (χ3v) is 5.24. The molecule has 0 radical (unpaired) electrons. The molecule has 19 heavy (non-hydrogen) atoms. The van der Waals surface area contributed by atoms with Gasteiger partial charge in [-0.15, -0.1) is 0 Å². The molecule has 1 aliphatic rings. The molecule has 0 atom stereocenters. The van der Waals surface area contributed by atoms with Crippen molar-refractivity contribution in [2.24, 2.45) is 0 Å². The number of aromatic nitrogens is 3. The van der Waals surface area contributed by atoms with Crippen LogP contribution in [-0.4, -0.2) is 32.1 Å². The van der Waals surface area contributed by atoms with E-state index in [0.29, 0.717) is 10.7 Å². The second-order valence-corrected chi connectivity index (χ2v) is 6.84. The molecule has 1 aliphatic carbocycles. The Morgan fingerprint density at radius 1 is 1.47 bits per heavy atom. The molecule has 5 heteroatoms. The number of hydrogen-bond donors (Lipinski definition) is 1. The van der Waals surface area contributed by atoms with Gasteiger partial charge in [0.25, 0.3) is 0 Å². The Bertz CT molecular complexity index is 586. The first-order valence-electron chi connectivity index (χ1n) is 6.77. The van der Waals surface area contributed by atoms with Crippen molar-refractivity contribution in [2.75, 3.05) is 18.1 Å². The molecule has 1 N–H and O–H groups in total. The molecule has 0 saturated heterocycles. The maximum Gasteiger partial charge on any atom is 0.152 e. The van der Waals surface area contributed by atoms with Crippen LogP contribution < -0.4 is 5.32 Å². The molecular formula is C14H20N4S. The van der Waals surface area contributed by atoms with Crippen LogP contribution in [0.2, 0.25) is 0 Å². The number of hydrogen-bond acceptors (Lipinski definition) is 4. The minimum atomic E-state index is 0.439. The first-order valence-corrected chi connectivity index (χ1v) is 7.99. The highest BCUT2D eigenvalue weighted by atomic mass is 32.2. The quantitative estimate of drug-likeness (QED) is 0.911. The molecule has 2 aromatic heterocycles. The van der Waals surface area contributed by atoms with E-state index in [1.807, 2.05) is 28.7 Å². The van der Waals surface area contributed by atoms with Crippen molar-refractivity contribution in [3.8, 4) is 0 Å². The highest BCUT2D eigenvalue weighted by Gasteiger charge is 2.41. The molecule has 2 aromatic rings. The van der Waals surface area contributed by atoms with E-state index < -0.39 is 0 Å². The van der Waals surface area contributed by atoms with Crippen molar-refractivity contribution in [3.63, 3.8) is 0 Å². The average Bonchev–Trinajstić information content (AvgIpc) is 3.05. The maximum absolute atomic E-state index is 4.58. The number of anilines is 1. The molecular weight excluding hydrogens is 256 g/mol. The first kappa shape index (κ1) is 12.8. The highest BCUT2D eigenvalue weighted by Crippen LogP contribution is 2.47. The summed E-state index contributed by atoms with van der Waals surface area (Å²) >= 11 is 1.96. The van der Waals surface area contributed by atoms with Gasteiger partial charge in [-0.2, -0.15) is 16.9 Å². The largest absolute Gasteiger partial charge is 0.367 e. The van der Waals surface area contributed by atoms with E-state index in [9.17, 15) is 0 Å². The average molecular weight is 276 g/mol. The van der Waals surface area contributed by atoms with E-state index in [2.05, 4.69) is 41.6 Å². The number of fused-ring (bicyclic) bond motifs is 1. The lowest BCUT2D eigenvalue weighted by atomic mass is 10.1. The normalized spacial score (nSPS) is 17.1. The summed E-state index contributed by atoms with van der Waals surface area (Å²) in [6, 6.07) is 2.14. The zero-order chi connectivity index (χ0) is 13.5. The van der Waals surface area contributed by atoms with Gasteiger partial charge in [-0.1, -0.05) is 13.8 Å². The van der Waals surface area contributed by atoms with Crippen molar-refractivity contribution in [3.05, 3.63) is 24.2 Å². The molecule has 0 unspecified atom stereocenters. The predicted octanol–water partition coefficient (Wildman–Crippen LogP) is 3.16. The summed E-state index contributed by atoms with van der Waals surface area (Å²) in [6.45, 7) is 5.31. The van der Waals surface area contributed by atoms with Crippen molar-refractivity contribution in [1.82, 2.24) is 14.6 Å². The smallest absolute Gasteiger partial charge is 0.152 e. The SMILES string of the molecule is CSC1(CNc2nccn3nc(C(C)C)cc23)CC1. The van der Waals surface area contributed by atoms with Crippen molar-refractivity contribution in [1.29, 1.82) is 0 Å². The van der Waals surface area contributed by atoms with Crippen LogP contribution >= 0.6 is 11.8 Å². The van der Waals surface area contributed by atoms with Gasteiger partial charge in [0.15, 0.2) is 5.82 Å². The Morgan fingerprint density at radius 2 is 2.26 bits per heavy atom. The van der Waals surface area contributed by atoms with Crippen LogP contribution in [0.3, 0.4) is 0 Å². The third kappa shape index (κ3) is 2.43. The molecule has 0 aromatic carbocycles. The van der Waals surface area contributed by atoms with E-state index in [1.54, 1.807) is 0 Å². The molecule has 0 bridgehead atoms. The molecule has 3 rings (SSSR count). The van der Waals surface area contributed by atoms with E-state index in [4.69, 9.17) is 0 Å². The second-order valence-electron chi connectivity index (χ2n) is 5.57. The van der Waals surface area contributed by atoms with Crippen LogP contribution in [0.25, 0.3) is 5.52 Å². The second kappa shape index (κ2) is 4.71. The summed E-state index contributed by atoms with van der Waals surface area (Å²) in [7, 11) is 0. The fraction of sp³-hybridized carbons (Fsp3) is 0.571. The van der Waals surface area contributed by atoms with Gasteiger partial charge >= 0.3 is 0 Å². The molecule has 102 valence electrons. The minimum absolute atomic E-state index is 0.439. The summed E-state index contributed by atoms with van der Waals surface area (Å²) in [5, 5.41) is 8.09. The molecule has 1 saturated carbocycles. The Hall–Kier alpha value is -1.23. The molecule has 0 spiro atoms. The van der Waals surface area contributed by atoms with Crippen LogP contribution in [0.1, 0.15) is 38.3 Å². The van der Waals surface area contributed by atoms with Gasteiger partial charge in [-0.25, -0.2) is 9.50 Å². The molecule has 0 aliphatic heterocycles. The van der Waals surface area contributed by atoms with Crippen LogP contribution in [0.4, 0.5) is 5.82 Å². The zero-order valence-corrected chi connectivity index (χ0v) is 12.5. The van der Waals surface area contributed by atoms with Gasteiger partial charge in [-0.05, 0) is 31.1 Å². The van der Waals surface area contributed by atoms with Gasteiger partial charge < -0.3 is 5.32 Å². The molecule has 1 fully saturated rings. The van der Waals surface area contributed by atoms with Gasteiger partial charge in [0.1, 0.15) is 5.52 Å². The Kier molecular flexibility index (Phi) is 3.17. The summed E-state index contributed by atoms with van der Waals surface area (Å²) in [4.78, 5) is 4.46. The summed E-state index contributed by atoms with van der Waals surface area (Å²) in [5.41, 5.74) is 2.19. The minimum Gasteiger partial charge on any atom is -0.367 e. The standard InChI is InChI=1S/C14H20N4S/c1-10(2)11-8-12-13(15-6-7-18(12)17-11)16-9-14(19-3)4-5-14/h6-8,10H,4-5,9H2,1-3H3,(H,15,16). The lowest BCUT2D eigenvalue weighted by Gasteiger charge is -2.13. The first-order chi connectivity index (χ1) is 9.13. The lowest BCUT2D eigenvalue weighted by molar-refractivity contribution is 0.786. The third-order valence-electron chi connectivity index (χ3n) is 3.82. The highest BCUT2D eigenvalue weighted by molar-refractivity contribution is 8.00. The molecule has 0 amide bonds. The predicted molar refractivity (Wildman–Crippen MR) is 81.0 cm³/mol. The van der Waals surface area contributed by atoms with Crippen molar-refractivity contribution >= 4 is 23.1 Å². The Balaban J connectivity index is 1.86. The Labute approximate surface area is 118 Å². The number of nitrogens with one attached hydrogen (secondary N) is 1. The van der Waals surface area contributed by atoms with Crippen LogP contribution in [-0.2, 0) is 0 Å². The van der Waals surface area contributed by atoms with Gasteiger partial charge in [0.2, 0.25) is 0 Å². The topological polar surface area (TPSA) is 42.2 Å². The van der Waals surface area contributed by atoms with Crippen LogP contribution in [0.5, 0.6) is 0 Å². The summed E-state index contributed by atoms with van der Waals surface area (Å²) < 4.78 is 2.36. The van der Waals surface area contributed by atoms with Gasteiger partial charge in [0.05, 0.1) is 5.69 Å². The van der Waals surface area contributed by atoms with E-state index in [-0.39, 0.29) is 0 Å². The van der Waals surface area contributed by atoms with Gasteiger partial charge in [-0.3, -0.25) is 0 Å². The van der Waals surface area contributed by atoms with Crippen LogP contribution in [0.15, 0.2) is 18.5 Å². The molecule has 4 nitrogen and oxygen atoms in total. The van der Waals surface area contributed by atoms with Crippen molar-refractivity contribution in [2.45, 2.75) is 37.4 Å². The maximum atomic E-state index is 4.58. The number of nitrogens with zero attached hydrogens (tertiary/aromatic N) is 3. The molecule has 2 heterocycles. The fourth-order valence-corrected chi connectivity index (χ4v) is 2.92. The number of thioether (sulfide) groups is 1. The monoisotopic (exact) mass is 276 g/mol. The lowest BCUT2D eigenvalue weighted by Crippen LogP contribution is -2.18. The van der Waals surface area contributed by atoms with Gasteiger partial charge in [0, 0.05) is 23.7 Å². The van der Waals surface area contributed by atoms with E-state index >= 15 is 0 Å². The van der Waals surface area contributed by atoms with E-state index in [1.165, 1.54) is 12.8 Å². The van der Waals surface area contributed by atoms with Crippen LogP contribution in [0, 0.1) is 0 Å². The Morgan fingerprint density at radius 3 is 2.89 bits per heavy atom. The van der Waals surface area contributed by atoms with E-state index in [0.717, 1.165) is 23.6 Å². The fourth-order valence-electron chi connectivity index (χ4n) is 2.20.